The molecule has 0 spiro atoms. The molecule has 0 aliphatic rings. The summed E-state index contributed by atoms with van der Waals surface area (Å²) in [6.45, 7) is 4.39. The van der Waals surface area contributed by atoms with Gasteiger partial charge in [-0.3, -0.25) is 4.98 Å². The summed E-state index contributed by atoms with van der Waals surface area (Å²) < 4.78 is 10.4. The summed E-state index contributed by atoms with van der Waals surface area (Å²) in [5.74, 6) is 1.52. The molecule has 2 heterocycles. The van der Waals surface area contributed by atoms with Crippen LogP contribution in [-0.4, -0.2) is 28.9 Å². The number of nitrogens with zero attached hydrogens (tertiary/aromatic N) is 3. The minimum Gasteiger partial charge on any atom is -0.468 e. The first-order valence-corrected chi connectivity index (χ1v) is 7.73. The van der Waals surface area contributed by atoms with Crippen molar-refractivity contribution in [1.29, 1.82) is 0 Å². The van der Waals surface area contributed by atoms with Crippen LogP contribution < -0.4 is 10.1 Å². The van der Waals surface area contributed by atoms with Crippen LogP contribution in [0.5, 0.6) is 5.75 Å². The molecule has 0 radical (unpaired) electrons. The Hall–Kier alpha value is -2.73. The third-order valence-electron chi connectivity index (χ3n) is 3.80. The highest BCUT2D eigenvalue weighted by molar-refractivity contribution is 5.84. The van der Waals surface area contributed by atoms with Crippen molar-refractivity contribution in [2.45, 2.75) is 19.9 Å². The van der Waals surface area contributed by atoms with Crippen LogP contribution in [0.15, 0.2) is 42.9 Å². The minimum absolute atomic E-state index is 0.0709. The molecule has 0 saturated carbocycles. The fourth-order valence-electron chi connectivity index (χ4n) is 2.63. The lowest BCUT2D eigenvalue weighted by Crippen LogP contribution is -2.10. The van der Waals surface area contributed by atoms with E-state index in [9.17, 15) is 0 Å². The maximum atomic E-state index is 5.47. The van der Waals surface area contributed by atoms with Crippen LogP contribution in [-0.2, 0) is 4.74 Å². The Bertz CT molecular complexity index is 833. The summed E-state index contributed by atoms with van der Waals surface area (Å²) in [6, 6.07) is 9.85. The van der Waals surface area contributed by atoms with Gasteiger partial charge in [0, 0.05) is 13.3 Å². The Balaban J connectivity index is 1.82. The predicted molar refractivity (Wildman–Crippen MR) is 93.1 cm³/mol. The number of fused-ring (bicyclic) bond motifs is 1. The van der Waals surface area contributed by atoms with Crippen LogP contribution in [0.2, 0.25) is 0 Å². The van der Waals surface area contributed by atoms with Crippen molar-refractivity contribution in [2.75, 3.05) is 19.2 Å². The lowest BCUT2D eigenvalue weighted by atomic mass is 10.0. The number of methoxy groups -OCH3 is 1. The molecule has 124 valence electrons. The van der Waals surface area contributed by atoms with E-state index in [0.29, 0.717) is 0 Å². The smallest absolute Gasteiger partial charge is 0.188 e. The minimum atomic E-state index is 0.0709. The fourth-order valence-corrected chi connectivity index (χ4v) is 2.63. The number of rotatable bonds is 6. The zero-order chi connectivity index (χ0) is 16.9. The van der Waals surface area contributed by atoms with Gasteiger partial charge in [0.2, 0.25) is 0 Å². The number of nitrogens with one attached hydrogen (secondary N) is 1. The first-order valence-electron chi connectivity index (χ1n) is 7.73. The third-order valence-corrected chi connectivity index (χ3v) is 3.80. The molecular weight excluding hydrogens is 304 g/mol. The molecule has 3 aromatic rings. The maximum absolute atomic E-state index is 5.47. The molecule has 2 aromatic heterocycles. The fraction of sp³-hybridized carbons (Fsp3) is 0.278. The zero-order valence-electron chi connectivity index (χ0n) is 14.0. The highest BCUT2D eigenvalue weighted by Gasteiger charge is 2.12. The van der Waals surface area contributed by atoms with Crippen molar-refractivity contribution >= 4 is 16.9 Å². The van der Waals surface area contributed by atoms with Crippen molar-refractivity contribution in [3.05, 3.63) is 54.0 Å². The molecule has 3 rings (SSSR count). The van der Waals surface area contributed by atoms with Crippen LogP contribution in [0.25, 0.3) is 11.0 Å². The van der Waals surface area contributed by atoms with Crippen LogP contribution in [0.4, 0.5) is 5.82 Å². The van der Waals surface area contributed by atoms with E-state index in [-0.39, 0.29) is 12.8 Å². The van der Waals surface area contributed by atoms with Gasteiger partial charge < -0.3 is 14.8 Å². The Morgan fingerprint density at radius 1 is 1.17 bits per heavy atom. The van der Waals surface area contributed by atoms with Gasteiger partial charge in [-0.2, -0.15) is 0 Å². The molecule has 1 atom stereocenters. The van der Waals surface area contributed by atoms with Gasteiger partial charge >= 0.3 is 0 Å². The summed E-state index contributed by atoms with van der Waals surface area (Å²) in [7, 11) is 1.60. The Kier molecular flexibility index (Phi) is 4.86. The first-order chi connectivity index (χ1) is 11.7. The van der Waals surface area contributed by atoms with Gasteiger partial charge in [-0.25, -0.2) is 9.97 Å². The molecule has 6 nitrogen and oxygen atoms in total. The quantitative estimate of drug-likeness (QED) is 0.700. The molecule has 24 heavy (non-hydrogen) atoms. The van der Waals surface area contributed by atoms with Gasteiger partial charge in [-0.05, 0) is 49.2 Å². The SMILES string of the molecule is COCOc1ccc(C(C)Nc2ncnc3cccnc23)c(C)c1. The first kappa shape index (κ1) is 16.1. The van der Waals surface area contributed by atoms with Crippen LogP contribution >= 0.6 is 0 Å². The molecule has 1 N–H and O–H groups in total. The summed E-state index contributed by atoms with van der Waals surface area (Å²) in [4.78, 5) is 12.9. The zero-order valence-corrected chi connectivity index (χ0v) is 14.0. The second-order valence-electron chi connectivity index (χ2n) is 5.53. The third kappa shape index (κ3) is 3.44. The van der Waals surface area contributed by atoms with E-state index < -0.39 is 0 Å². The van der Waals surface area contributed by atoms with Crippen molar-refractivity contribution in [1.82, 2.24) is 15.0 Å². The average Bonchev–Trinajstić information content (AvgIpc) is 2.60. The number of hydrogen-bond donors (Lipinski definition) is 1. The second-order valence-corrected chi connectivity index (χ2v) is 5.53. The number of ether oxygens (including phenoxy) is 2. The van der Waals surface area contributed by atoms with Crippen molar-refractivity contribution in [3.63, 3.8) is 0 Å². The number of anilines is 1. The molecule has 6 heteroatoms. The number of aryl methyl sites for hydroxylation is 1. The number of benzene rings is 1. The average molecular weight is 324 g/mol. The lowest BCUT2D eigenvalue weighted by molar-refractivity contribution is 0.0511. The summed E-state index contributed by atoms with van der Waals surface area (Å²) in [5.41, 5.74) is 3.89. The summed E-state index contributed by atoms with van der Waals surface area (Å²) in [6.07, 6.45) is 3.29. The topological polar surface area (TPSA) is 69.2 Å². The van der Waals surface area contributed by atoms with Crippen molar-refractivity contribution in [2.24, 2.45) is 0 Å². The molecular formula is C18H20N4O2. The molecule has 0 saturated heterocycles. The predicted octanol–water partition coefficient (Wildman–Crippen LogP) is 3.49. The molecule has 0 fully saturated rings. The van der Waals surface area contributed by atoms with Gasteiger partial charge in [0.05, 0.1) is 11.6 Å². The largest absolute Gasteiger partial charge is 0.468 e. The molecule has 1 aromatic carbocycles. The van der Waals surface area contributed by atoms with Crippen LogP contribution in [0.3, 0.4) is 0 Å². The van der Waals surface area contributed by atoms with Gasteiger partial charge in [0.1, 0.15) is 17.6 Å². The van der Waals surface area contributed by atoms with Crippen LogP contribution in [0, 0.1) is 6.92 Å². The van der Waals surface area contributed by atoms with E-state index in [1.807, 2.05) is 24.3 Å². The molecule has 0 aliphatic carbocycles. The summed E-state index contributed by atoms with van der Waals surface area (Å²) in [5, 5.41) is 3.43. The lowest BCUT2D eigenvalue weighted by Gasteiger charge is -2.18. The molecule has 0 aliphatic heterocycles. The van der Waals surface area contributed by atoms with Gasteiger partial charge in [0.15, 0.2) is 12.6 Å². The standard InChI is InChI=1S/C18H20N4O2/c1-12-9-14(24-11-23-3)6-7-15(12)13(2)22-18-17-16(20-10-21-18)5-4-8-19-17/h4-10,13H,11H2,1-3H3,(H,20,21,22). The normalized spacial score (nSPS) is 12.1. The molecule has 0 bridgehead atoms. The van der Waals surface area contributed by atoms with E-state index in [2.05, 4.69) is 40.2 Å². The summed E-state index contributed by atoms with van der Waals surface area (Å²) >= 11 is 0. The molecule has 0 amide bonds. The monoisotopic (exact) mass is 324 g/mol. The van der Waals surface area contributed by atoms with Crippen molar-refractivity contribution in [3.8, 4) is 5.75 Å². The van der Waals surface area contributed by atoms with E-state index in [1.165, 1.54) is 5.56 Å². The maximum Gasteiger partial charge on any atom is 0.188 e. The van der Waals surface area contributed by atoms with E-state index in [4.69, 9.17) is 9.47 Å². The second kappa shape index (κ2) is 7.23. The number of aromatic nitrogens is 3. The Labute approximate surface area is 140 Å². The van der Waals surface area contributed by atoms with Gasteiger partial charge in [0.25, 0.3) is 0 Å². The van der Waals surface area contributed by atoms with E-state index in [1.54, 1.807) is 19.6 Å². The highest BCUT2D eigenvalue weighted by atomic mass is 16.7. The Morgan fingerprint density at radius 3 is 2.83 bits per heavy atom. The van der Waals surface area contributed by atoms with Gasteiger partial charge in [-0.1, -0.05) is 6.07 Å². The van der Waals surface area contributed by atoms with Crippen molar-refractivity contribution < 1.29 is 9.47 Å². The number of pyridine rings is 1. The van der Waals surface area contributed by atoms with E-state index >= 15 is 0 Å². The molecule has 1 unspecified atom stereocenters. The van der Waals surface area contributed by atoms with Gasteiger partial charge in [-0.15, -0.1) is 0 Å². The van der Waals surface area contributed by atoms with E-state index in [0.717, 1.165) is 28.2 Å². The number of hydrogen-bond acceptors (Lipinski definition) is 6. The van der Waals surface area contributed by atoms with Crippen LogP contribution in [0.1, 0.15) is 24.1 Å². The highest BCUT2D eigenvalue weighted by Crippen LogP contribution is 2.26. The Morgan fingerprint density at radius 2 is 2.04 bits per heavy atom.